The first-order valence-electron chi connectivity index (χ1n) is 11.2. The second kappa shape index (κ2) is 10.7. The summed E-state index contributed by atoms with van der Waals surface area (Å²) in [6.07, 6.45) is -2.30. The van der Waals surface area contributed by atoms with Crippen molar-refractivity contribution < 1.29 is 33.7 Å². The Labute approximate surface area is 197 Å². The fourth-order valence-electron chi connectivity index (χ4n) is 4.54. The molecule has 2 unspecified atom stereocenters. The molecule has 34 heavy (non-hydrogen) atoms. The molecule has 0 saturated carbocycles. The summed E-state index contributed by atoms with van der Waals surface area (Å²) in [7, 11) is 1.39. The van der Waals surface area contributed by atoms with Crippen molar-refractivity contribution >= 4 is 18.0 Å². The van der Waals surface area contributed by atoms with Crippen molar-refractivity contribution in [2.24, 2.45) is 0 Å². The lowest BCUT2D eigenvalue weighted by molar-refractivity contribution is -0.153. The minimum absolute atomic E-state index is 0.0578. The van der Waals surface area contributed by atoms with Gasteiger partial charge in [-0.25, -0.2) is 4.79 Å². The standard InChI is InChI=1S/C25H28N2O7/c1-32-22(24(30)27-10-11-33-16(14-27)12-23(28)29)13-26-25(31)34-15-21-19-8-4-2-6-17(19)18-7-3-5-9-20(18)21/h2-9,16,21-22H,10-15H2,1H3,(H,26,31)(H,28,29). The Hall–Kier alpha value is -3.43. The van der Waals surface area contributed by atoms with Crippen LogP contribution >= 0.6 is 0 Å². The lowest BCUT2D eigenvalue weighted by atomic mass is 9.98. The highest BCUT2D eigenvalue weighted by molar-refractivity contribution is 5.82. The first kappa shape index (κ1) is 23.7. The van der Waals surface area contributed by atoms with Gasteiger partial charge in [0.25, 0.3) is 5.91 Å². The number of ether oxygens (including phenoxy) is 3. The van der Waals surface area contributed by atoms with Crippen molar-refractivity contribution in [3.05, 3.63) is 59.7 Å². The van der Waals surface area contributed by atoms with Crippen LogP contribution in [0.5, 0.6) is 0 Å². The molecule has 0 radical (unpaired) electrons. The maximum atomic E-state index is 12.8. The van der Waals surface area contributed by atoms with E-state index in [1.54, 1.807) is 0 Å². The molecule has 2 aliphatic rings. The van der Waals surface area contributed by atoms with E-state index in [4.69, 9.17) is 19.3 Å². The van der Waals surface area contributed by atoms with Gasteiger partial charge in [0.05, 0.1) is 25.7 Å². The predicted octanol–water partition coefficient (Wildman–Crippen LogP) is 2.24. The third-order valence-corrected chi connectivity index (χ3v) is 6.19. The number of carboxylic acids is 1. The Balaban J connectivity index is 1.30. The van der Waals surface area contributed by atoms with Gasteiger partial charge in [0.2, 0.25) is 0 Å². The zero-order chi connectivity index (χ0) is 24.1. The number of fused-ring (bicyclic) bond motifs is 3. The molecule has 9 heteroatoms. The number of nitrogens with one attached hydrogen (secondary N) is 1. The molecule has 2 N–H and O–H groups in total. The number of methoxy groups -OCH3 is 1. The molecule has 1 saturated heterocycles. The van der Waals surface area contributed by atoms with Crippen LogP contribution in [-0.2, 0) is 23.8 Å². The van der Waals surface area contributed by atoms with Crippen molar-refractivity contribution in [3.8, 4) is 11.1 Å². The van der Waals surface area contributed by atoms with E-state index in [-0.39, 0.29) is 44.5 Å². The summed E-state index contributed by atoms with van der Waals surface area (Å²) >= 11 is 0. The first-order chi connectivity index (χ1) is 16.5. The van der Waals surface area contributed by atoms with Crippen LogP contribution in [0.2, 0.25) is 0 Å². The average molecular weight is 469 g/mol. The number of carbonyl (C=O) groups excluding carboxylic acids is 2. The number of rotatable bonds is 8. The van der Waals surface area contributed by atoms with E-state index in [1.165, 1.54) is 12.0 Å². The van der Waals surface area contributed by atoms with Crippen LogP contribution in [-0.4, -0.2) is 80.1 Å². The number of alkyl carbamates (subject to hydrolysis) is 1. The minimum atomic E-state index is -0.987. The third kappa shape index (κ3) is 5.21. The van der Waals surface area contributed by atoms with Crippen molar-refractivity contribution in [2.45, 2.75) is 24.5 Å². The zero-order valence-electron chi connectivity index (χ0n) is 18.9. The predicted molar refractivity (Wildman–Crippen MR) is 122 cm³/mol. The van der Waals surface area contributed by atoms with Crippen molar-refractivity contribution in [2.75, 3.05) is 40.0 Å². The van der Waals surface area contributed by atoms with Crippen molar-refractivity contribution in [1.82, 2.24) is 10.2 Å². The number of hydrogen-bond donors (Lipinski definition) is 2. The van der Waals surface area contributed by atoms with E-state index in [9.17, 15) is 14.4 Å². The molecule has 2 aromatic rings. The highest BCUT2D eigenvalue weighted by Gasteiger charge is 2.32. The van der Waals surface area contributed by atoms with Gasteiger partial charge in [-0.15, -0.1) is 0 Å². The smallest absolute Gasteiger partial charge is 0.407 e. The van der Waals surface area contributed by atoms with Gasteiger partial charge in [0, 0.05) is 26.1 Å². The van der Waals surface area contributed by atoms with Gasteiger partial charge < -0.3 is 29.5 Å². The van der Waals surface area contributed by atoms with E-state index in [0.717, 1.165) is 22.3 Å². The summed E-state index contributed by atoms with van der Waals surface area (Å²) in [5.41, 5.74) is 4.52. The zero-order valence-corrected chi connectivity index (χ0v) is 18.9. The number of morpholine rings is 1. The Morgan fingerprint density at radius 3 is 2.38 bits per heavy atom. The summed E-state index contributed by atoms with van der Waals surface area (Å²) in [4.78, 5) is 37.7. The molecule has 0 spiro atoms. The van der Waals surface area contributed by atoms with Crippen LogP contribution in [0.25, 0.3) is 11.1 Å². The Morgan fingerprint density at radius 1 is 1.12 bits per heavy atom. The van der Waals surface area contributed by atoms with Gasteiger partial charge in [-0.3, -0.25) is 9.59 Å². The molecule has 0 bridgehead atoms. The van der Waals surface area contributed by atoms with Gasteiger partial charge in [-0.05, 0) is 22.3 Å². The maximum Gasteiger partial charge on any atom is 0.407 e. The van der Waals surface area contributed by atoms with E-state index in [0.29, 0.717) is 6.54 Å². The van der Waals surface area contributed by atoms with Gasteiger partial charge in [-0.1, -0.05) is 48.5 Å². The molecule has 1 aliphatic heterocycles. The normalized spacial score (nSPS) is 18.0. The van der Waals surface area contributed by atoms with Gasteiger partial charge >= 0.3 is 12.1 Å². The van der Waals surface area contributed by atoms with Crippen LogP contribution in [0.3, 0.4) is 0 Å². The first-order valence-corrected chi connectivity index (χ1v) is 11.2. The largest absolute Gasteiger partial charge is 0.481 e. The maximum absolute atomic E-state index is 12.8. The van der Waals surface area contributed by atoms with E-state index in [1.807, 2.05) is 36.4 Å². The summed E-state index contributed by atoms with van der Waals surface area (Å²) in [6, 6.07) is 16.1. The molecule has 2 atom stereocenters. The quantitative estimate of drug-likeness (QED) is 0.611. The van der Waals surface area contributed by atoms with Crippen LogP contribution in [0.15, 0.2) is 48.5 Å². The number of carbonyl (C=O) groups is 3. The number of nitrogens with zero attached hydrogens (tertiary/aromatic N) is 1. The highest BCUT2D eigenvalue weighted by Crippen LogP contribution is 2.44. The molecule has 2 amide bonds. The lowest BCUT2D eigenvalue weighted by Gasteiger charge is -2.34. The topological polar surface area (TPSA) is 114 Å². The summed E-state index contributed by atoms with van der Waals surface area (Å²) in [5, 5.41) is 11.6. The molecule has 0 aromatic heterocycles. The molecule has 4 rings (SSSR count). The number of hydrogen-bond acceptors (Lipinski definition) is 6. The molecule has 1 fully saturated rings. The lowest BCUT2D eigenvalue weighted by Crippen LogP contribution is -2.52. The minimum Gasteiger partial charge on any atom is -0.481 e. The van der Waals surface area contributed by atoms with Crippen molar-refractivity contribution in [1.29, 1.82) is 0 Å². The summed E-state index contributed by atoms with van der Waals surface area (Å²) < 4.78 is 16.2. The highest BCUT2D eigenvalue weighted by atomic mass is 16.5. The van der Waals surface area contributed by atoms with Crippen LogP contribution in [0.4, 0.5) is 4.79 Å². The number of amides is 2. The van der Waals surface area contributed by atoms with Gasteiger partial charge in [0.15, 0.2) is 6.10 Å². The Kier molecular flexibility index (Phi) is 7.44. The van der Waals surface area contributed by atoms with Crippen LogP contribution in [0.1, 0.15) is 23.5 Å². The van der Waals surface area contributed by atoms with Gasteiger partial charge in [-0.2, -0.15) is 0 Å². The van der Waals surface area contributed by atoms with Gasteiger partial charge in [0.1, 0.15) is 6.61 Å². The molecular weight excluding hydrogens is 440 g/mol. The molecule has 2 aromatic carbocycles. The fourth-order valence-corrected chi connectivity index (χ4v) is 4.54. The Morgan fingerprint density at radius 2 is 1.76 bits per heavy atom. The molecular formula is C25H28N2O7. The second-order valence-corrected chi connectivity index (χ2v) is 8.31. The van der Waals surface area contributed by atoms with E-state index in [2.05, 4.69) is 17.4 Å². The second-order valence-electron chi connectivity index (χ2n) is 8.31. The molecule has 9 nitrogen and oxygen atoms in total. The molecule has 180 valence electrons. The van der Waals surface area contributed by atoms with Crippen molar-refractivity contribution in [3.63, 3.8) is 0 Å². The fraction of sp³-hybridized carbons (Fsp3) is 0.400. The Bertz CT molecular complexity index is 1010. The molecule has 1 aliphatic carbocycles. The monoisotopic (exact) mass is 468 g/mol. The van der Waals surface area contributed by atoms with Crippen LogP contribution in [0, 0.1) is 0 Å². The SMILES string of the molecule is COC(CNC(=O)OCC1c2ccccc2-c2ccccc21)C(=O)N1CCOC(CC(=O)O)C1. The van der Waals surface area contributed by atoms with Crippen LogP contribution < -0.4 is 5.32 Å². The number of benzene rings is 2. The number of carboxylic acid groups (broad SMARTS) is 1. The van der Waals surface area contributed by atoms with E-state index < -0.39 is 24.3 Å². The third-order valence-electron chi connectivity index (χ3n) is 6.19. The summed E-state index contributed by atoms with van der Waals surface area (Å²) in [6.45, 7) is 0.856. The van der Waals surface area contributed by atoms with E-state index >= 15 is 0 Å². The summed E-state index contributed by atoms with van der Waals surface area (Å²) in [5.74, 6) is -1.38. The average Bonchev–Trinajstić information content (AvgIpc) is 3.16. The number of aliphatic carboxylic acids is 1. The molecule has 1 heterocycles.